The van der Waals surface area contributed by atoms with E-state index in [2.05, 4.69) is 4.98 Å². The highest BCUT2D eigenvalue weighted by Gasteiger charge is 2.26. The van der Waals surface area contributed by atoms with Crippen LogP contribution in [0.15, 0.2) is 11.7 Å². The SMILES string of the molecule is O=C(C(Cl)c1cncs1)N1CCCC1. The van der Waals surface area contributed by atoms with E-state index in [4.69, 9.17) is 11.6 Å². The van der Waals surface area contributed by atoms with E-state index in [-0.39, 0.29) is 5.91 Å². The third-order valence-electron chi connectivity index (χ3n) is 2.34. The number of thiazole rings is 1. The second kappa shape index (κ2) is 4.28. The molecule has 76 valence electrons. The Kier molecular flexibility index (Phi) is 3.03. The van der Waals surface area contributed by atoms with Crippen molar-refractivity contribution in [2.75, 3.05) is 13.1 Å². The number of rotatable bonds is 2. The highest BCUT2D eigenvalue weighted by atomic mass is 35.5. The van der Waals surface area contributed by atoms with Crippen LogP contribution in [0.2, 0.25) is 0 Å². The lowest BCUT2D eigenvalue weighted by Crippen LogP contribution is -2.30. The van der Waals surface area contributed by atoms with E-state index >= 15 is 0 Å². The minimum Gasteiger partial charge on any atom is -0.341 e. The Balaban J connectivity index is 2.04. The molecule has 1 atom stereocenters. The fourth-order valence-corrected chi connectivity index (χ4v) is 2.50. The summed E-state index contributed by atoms with van der Waals surface area (Å²) in [4.78, 5) is 18.4. The molecule has 0 N–H and O–H groups in total. The number of nitrogens with zero attached hydrogens (tertiary/aromatic N) is 2. The number of aromatic nitrogens is 1. The molecule has 0 bridgehead atoms. The highest BCUT2D eigenvalue weighted by Crippen LogP contribution is 2.27. The zero-order chi connectivity index (χ0) is 9.97. The fourth-order valence-electron chi connectivity index (χ4n) is 1.57. The minimum absolute atomic E-state index is 0.0217. The standard InChI is InChI=1S/C9H11ClN2OS/c10-8(7-5-11-6-14-7)9(13)12-3-1-2-4-12/h5-6,8H,1-4H2. The first-order valence-electron chi connectivity index (χ1n) is 4.60. The van der Waals surface area contributed by atoms with Gasteiger partial charge in [0, 0.05) is 19.3 Å². The van der Waals surface area contributed by atoms with Crippen molar-refractivity contribution in [3.63, 3.8) is 0 Å². The molecule has 0 saturated carbocycles. The number of halogens is 1. The molecule has 1 aliphatic heterocycles. The quantitative estimate of drug-likeness (QED) is 0.729. The van der Waals surface area contributed by atoms with Gasteiger partial charge >= 0.3 is 0 Å². The van der Waals surface area contributed by atoms with Gasteiger partial charge in [0.1, 0.15) is 5.38 Å². The molecule has 1 aliphatic rings. The number of likely N-dealkylation sites (tertiary alicyclic amines) is 1. The predicted molar refractivity (Wildman–Crippen MR) is 56.5 cm³/mol. The summed E-state index contributed by atoms with van der Waals surface area (Å²) in [5.74, 6) is 0.0217. The lowest BCUT2D eigenvalue weighted by Gasteiger charge is -2.17. The number of carbonyl (C=O) groups excluding carboxylic acids is 1. The Labute approximate surface area is 91.7 Å². The second-order valence-electron chi connectivity index (χ2n) is 3.30. The summed E-state index contributed by atoms with van der Waals surface area (Å²) >= 11 is 7.48. The van der Waals surface area contributed by atoms with Crippen LogP contribution in [0.4, 0.5) is 0 Å². The maximum Gasteiger partial charge on any atom is 0.246 e. The summed E-state index contributed by atoms with van der Waals surface area (Å²) in [6, 6.07) is 0. The lowest BCUT2D eigenvalue weighted by molar-refractivity contribution is -0.129. The molecule has 0 aromatic carbocycles. The van der Waals surface area contributed by atoms with Crippen LogP contribution in [0.1, 0.15) is 23.1 Å². The van der Waals surface area contributed by atoms with Gasteiger partial charge in [-0.15, -0.1) is 22.9 Å². The molecule has 3 nitrogen and oxygen atoms in total. The van der Waals surface area contributed by atoms with Crippen LogP contribution in [-0.2, 0) is 4.79 Å². The van der Waals surface area contributed by atoms with E-state index < -0.39 is 5.38 Å². The van der Waals surface area contributed by atoms with Crippen molar-refractivity contribution in [3.05, 3.63) is 16.6 Å². The van der Waals surface area contributed by atoms with Gasteiger partial charge in [0.2, 0.25) is 5.91 Å². The van der Waals surface area contributed by atoms with Crippen molar-refractivity contribution >= 4 is 28.8 Å². The molecule has 2 heterocycles. The molecule has 1 fully saturated rings. The number of alkyl halides is 1. The average Bonchev–Trinajstić information content (AvgIpc) is 2.87. The van der Waals surface area contributed by atoms with Crippen LogP contribution < -0.4 is 0 Å². The number of hydrogen-bond donors (Lipinski definition) is 0. The van der Waals surface area contributed by atoms with E-state index in [1.807, 2.05) is 4.90 Å². The monoisotopic (exact) mass is 230 g/mol. The Morgan fingerprint density at radius 2 is 2.29 bits per heavy atom. The fraction of sp³-hybridized carbons (Fsp3) is 0.556. The van der Waals surface area contributed by atoms with Crippen molar-refractivity contribution < 1.29 is 4.79 Å². The molecular weight excluding hydrogens is 220 g/mol. The third kappa shape index (κ3) is 1.91. The molecule has 1 saturated heterocycles. The Bertz CT molecular complexity index is 309. The van der Waals surface area contributed by atoms with Crippen LogP contribution in [0, 0.1) is 0 Å². The van der Waals surface area contributed by atoms with Gasteiger partial charge in [0.05, 0.1) is 10.4 Å². The van der Waals surface area contributed by atoms with Gasteiger partial charge in [-0.3, -0.25) is 9.78 Å². The summed E-state index contributed by atoms with van der Waals surface area (Å²) in [6.07, 6.45) is 3.85. The normalized spacial score (nSPS) is 18.5. The van der Waals surface area contributed by atoms with Gasteiger partial charge in [-0.2, -0.15) is 0 Å². The zero-order valence-electron chi connectivity index (χ0n) is 7.65. The van der Waals surface area contributed by atoms with Gasteiger partial charge in [0.25, 0.3) is 0 Å². The van der Waals surface area contributed by atoms with Crippen molar-refractivity contribution in [1.29, 1.82) is 0 Å². The summed E-state index contributed by atoms with van der Waals surface area (Å²) < 4.78 is 0. The molecule has 1 aromatic heterocycles. The van der Waals surface area contributed by atoms with Gasteiger partial charge in [0.15, 0.2) is 0 Å². The molecule has 0 spiro atoms. The van der Waals surface area contributed by atoms with Gasteiger partial charge in [-0.25, -0.2) is 0 Å². The van der Waals surface area contributed by atoms with Crippen LogP contribution in [-0.4, -0.2) is 28.9 Å². The summed E-state index contributed by atoms with van der Waals surface area (Å²) in [5.41, 5.74) is 1.70. The summed E-state index contributed by atoms with van der Waals surface area (Å²) in [7, 11) is 0. The van der Waals surface area contributed by atoms with Crippen molar-refractivity contribution in [1.82, 2.24) is 9.88 Å². The van der Waals surface area contributed by atoms with Crippen molar-refractivity contribution in [2.24, 2.45) is 0 Å². The molecule has 0 aliphatic carbocycles. The molecule has 0 radical (unpaired) electrons. The molecule has 5 heteroatoms. The van der Waals surface area contributed by atoms with E-state index in [0.29, 0.717) is 0 Å². The number of amides is 1. The number of carbonyl (C=O) groups is 1. The Hall–Kier alpha value is -0.610. The Morgan fingerprint density at radius 1 is 1.57 bits per heavy atom. The van der Waals surface area contributed by atoms with Crippen molar-refractivity contribution in [2.45, 2.75) is 18.2 Å². The first-order chi connectivity index (χ1) is 6.79. The Morgan fingerprint density at radius 3 is 2.86 bits per heavy atom. The van der Waals surface area contributed by atoms with E-state index in [9.17, 15) is 4.79 Å². The maximum absolute atomic E-state index is 11.8. The smallest absolute Gasteiger partial charge is 0.246 e. The maximum atomic E-state index is 11.8. The first-order valence-corrected chi connectivity index (χ1v) is 5.92. The molecule has 1 amide bonds. The van der Waals surface area contributed by atoms with Gasteiger partial charge in [-0.05, 0) is 12.8 Å². The molecule has 1 unspecified atom stereocenters. The van der Waals surface area contributed by atoms with Crippen LogP contribution in [0.5, 0.6) is 0 Å². The van der Waals surface area contributed by atoms with Crippen LogP contribution in [0.3, 0.4) is 0 Å². The molecule has 14 heavy (non-hydrogen) atoms. The van der Waals surface area contributed by atoms with Crippen molar-refractivity contribution in [3.8, 4) is 0 Å². The predicted octanol–water partition coefficient (Wildman–Crippen LogP) is 2.05. The molecule has 1 aromatic rings. The largest absolute Gasteiger partial charge is 0.341 e. The van der Waals surface area contributed by atoms with Gasteiger partial charge in [-0.1, -0.05) is 0 Å². The first kappa shape index (κ1) is 9.93. The van der Waals surface area contributed by atoms with Crippen LogP contribution in [0.25, 0.3) is 0 Å². The van der Waals surface area contributed by atoms with E-state index in [1.54, 1.807) is 11.7 Å². The zero-order valence-corrected chi connectivity index (χ0v) is 9.22. The topological polar surface area (TPSA) is 33.2 Å². The summed E-state index contributed by atoms with van der Waals surface area (Å²) in [5, 5.41) is -0.541. The van der Waals surface area contributed by atoms with Crippen LogP contribution >= 0.6 is 22.9 Å². The minimum atomic E-state index is -0.541. The third-order valence-corrected chi connectivity index (χ3v) is 3.73. The second-order valence-corrected chi connectivity index (χ2v) is 4.65. The summed E-state index contributed by atoms with van der Waals surface area (Å²) in [6.45, 7) is 1.70. The highest BCUT2D eigenvalue weighted by molar-refractivity contribution is 7.10. The van der Waals surface area contributed by atoms with Gasteiger partial charge < -0.3 is 4.90 Å². The van der Waals surface area contributed by atoms with E-state index in [0.717, 1.165) is 30.8 Å². The molecular formula is C9H11ClN2OS. The lowest BCUT2D eigenvalue weighted by atomic mass is 10.3. The molecule has 2 rings (SSSR count). The van der Waals surface area contributed by atoms with E-state index in [1.165, 1.54) is 11.3 Å². The average molecular weight is 231 g/mol. The number of hydrogen-bond acceptors (Lipinski definition) is 3.